The number of benzene rings is 1. The van der Waals surface area contributed by atoms with E-state index in [9.17, 15) is 9.90 Å². The number of aliphatic hydroxyl groups is 1. The first-order valence-electron chi connectivity index (χ1n) is 7.82. The van der Waals surface area contributed by atoms with E-state index in [1.807, 2.05) is 45.0 Å². The second-order valence-corrected chi connectivity index (χ2v) is 6.72. The van der Waals surface area contributed by atoms with E-state index >= 15 is 0 Å². The summed E-state index contributed by atoms with van der Waals surface area (Å²) in [5.41, 5.74) is 1.48. The Balaban J connectivity index is 1.98. The van der Waals surface area contributed by atoms with Crippen LogP contribution in [0, 0.1) is 0 Å². The van der Waals surface area contributed by atoms with Crippen LogP contribution in [0.4, 0.5) is 10.5 Å². The summed E-state index contributed by atoms with van der Waals surface area (Å²) in [5.74, 6) is 0. The van der Waals surface area contributed by atoms with Crippen molar-refractivity contribution < 1.29 is 14.6 Å². The van der Waals surface area contributed by atoms with Gasteiger partial charge in [-0.05, 0) is 39.7 Å². The predicted molar refractivity (Wildman–Crippen MR) is 87.0 cm³/mol. The molecule has 5 nitrogen and oxygen atoms in total. The van der Waals surface area contributed by atoms with Gasteiger partial charge in [0.1, 0.15) is 5.60 Å². The van der Waals surface area contributed by atoms with Crippen molar-refractivity contribution in [1.29, 1.82) is 0 Å². The fourth-order valence-electron chi connectivity index (χ4n) is 2.74. The number of hydrogen-bond donors (Lipinski definition) is 2. The highest BCUT2D eigenvalue weighted by molar-refractivity contribution is 5.68. The molecule has 0 aromatic heterocycles. The number of hydrogen-bond acceptors (Lipinski definition) is 4. The minimum Gasteiger partial charge on any atom is -0.444 e. The predicted octanol–water partition coefficient (Wildman–Crippen LogP) is 2.67. The van der Waals surface area contributed by atoms with Gasteiger partial charge in [0.05, 0.1) is 6.61 Å². The molecule has 1 aliphatic rings. The molecule has 2 N–H and O–H groups in total. The lowest BCUT2D eigenvalue weighted by Crippen LogP contribution is -2.49. The summed E-state index contributed by atoms with van der Waals surface area (Å²) >= 11 is 0. The van der Waals surface area contributed by atoms with E-state index in [2.05, 4.69) is 10.2 Å². The maximum Gasteiger partial charge on any atom is 0.407 e. The molecule has 1 fully saturated rings. The number of nitrogens with one attached hydrogen (secondary N) is 1. The maximum atomic E-state index is 11.9. The molecule has 1 aromatic rings. The van der Waals surface area contributed by atoms with Crippen LogP contribution in [-0.2, 0) is 11.3 Å². The van der Waals surface area contributed by atoms with Crippen molar-refractivity contribution in [2.24, 2.45) is 0 Å². The summed E-state index contributed by atoms with van der Waals surface area (Å²) in [7, 11) is 0. The van der Waals surface area contributed by atoms with E-state index in [-0.39, 0.29) is 18.7 Å². The van der Waals surface area contributed by atoms with Crippen LogP contribution in [0.1, 0.15) is 39.2 Å². The van der Waals surface area contributed by atoms with Crippen molar-refractivity contribution in [2.45, 2.75) is 51.9 Å². The summed E-state index contributed by atoms with van der Waals surface area (Å²) < 4.78 is 5.32. The maximum absolute atomic E-state index is 11.9. The molecule has 2 rings (SSSR count). The van der Waals surface area contributed by atoms with Gasteiger partial charge in [-0.15, -0.1) is 0 Å². The third-order valence-corrected chi connectivity index (χ3v) is 3.64. The molecule has 122 valence electrons. The van der Waals surface area contributed by atoms with E-state index in [0.717, 1.165) is 37.2 Å². The second-order valence-electron chi connectivity index (χ2n) is 6.72. The van der Waals surface area contributed by atoms with E-state index in [1.165, 1.54) is 0 Å². The highest BCUT2D eigenvalue weighted by Gasteiger charge is 2.25. The van der Waals surface area contributed by atoms with Gasteiger partial charge in [0, 0.05) is 30.4 Å². The lowest BCUT2D eigenvalue weighted by atomic mass is 10.0. The van der Waals surface area contributed by atoms with Crippen molar-refractivity contribution in [3.8, 4) is 0 Å². The van der Waals surface area contributed by atoms with Crippen molar-refractivity contribution in [3.05, 3.63) is 29.8 Å². The lowest BCUT2D eigenvalue weighted by Gasteiger charge is -2.36. The van der Waals surface area contributed by atoms with Crippen LogP contribution >= 0.6 is 0 Å². The van der Waals surface area contributed by atoms with Crippen molar-refractivity contribution in [2.75, 3.05) is 18.0 Å². The molecule has 0 bridgehead atoms. The van der Waals surface area contributed by atoms with Gasteiger partial charge in [0.25, 0.3) is 0 Å². The van der Waals surface area contributed by atoms with Crippen LogP contribution in [0.25, 0.3) is 0 Å². The fourth-order valence-corrected chi connectivity index (χ4v) is 2.74. The molecule has 1 heterocycles. The SMILES string of the molecule is CC(C)(C)OC(=O)N[C@H]1CCCN(c2ccccc2CO)C1. The Bertz CT molecular complexity index is 511. The van der Waals surface area contributed by atoms with Crippen LogP contribution in [0.3, 0.4) is 0 Å². The Kier molecular flexibility index (Phi) is 5.29. The Morgan fingerprint density at radius 1 is 1.41 bits per heavy atom. The average Bonchev–Trinajstić information content (AvgIpc) is 2.45. The summed E-state index contributed by atoms with van der Waals surface area (Å²) in [6.45, 7) is 7.27. The van der Waals surface area contributed by atoms with Gasteiger partial charge in [-0.25, -0.2) is 4.79 Å². The molecular formula is C17H26N2O3. The Labute approximate surface area is 132 Å². The van der Waals surface area contributed by atoms with Gasteiger partial charge in [0.15, 0.2) is 0 Å². The number of anilines is 1. The molecule has 5 heteroatoms. The molecule has 1 aliphatic heterocycles. The summed E-state index contributed by atoms with van der Waals surface area (Å²) in [5, 5.41) is 12.4. The number of aliphatic hydroxyl groups excluding tert-OH is 1. The summed E-state index contributed by atoms with van der Waals surface area (Å²) in [6, 6.07) is 7.91. The fraction of sp³-hybridized carbons (Fsp3) is 0.588. The number of alkyl carbamates (subject to hydrolysis) is 1. The zero-order chi connectivity index (χ0) is 16.2. The zero-order valence-electron chi connectivity index (χ0n) is 13.6. The number of rotatable bonds is 3. The molecule has 0 aliphatic carbocycles. The topological polar surface area (TPSA) is 61.8 Å². The quantitative estimate of drug-likeness (QED) is 0.901. The number of carbonyl (C=O) groups is 1. The first-order valence-corrected chi connectivity index (χ1v) is 7.82. The zero-order valence-corrected chi connectivity index (χ0v) is 13.6. The first kappa shape index (κ1) is 16.6. The number of piperidine rings is 1. The number of carbonyl (C=O) groups excluding carboxylic acids is 1. The van der Waals surface area contributed by atoms with E-state index in [1.54, 1.807) is 0 Å². The smallest absolute Gasteiger partial charge is 0.407 e. The monoisotopic (exact) mass is 306 g/mol. The first-order chi connectivity index (χ1) is 10.4. The standard InChI is InChI=1S/C17H26N2O3/c1-17(2,3)22-16(21)18-14-8-6-10-19(11-14)15-9-5-4-7-13(15)12-20/h4-5,7,9,14,20H,6,8,10-12H2,1-3H3,(H,18,21)/t14-/m0/s1. The second kappa shape index (κ2) is 7.01. The molecule has 1 atom stereocenters. The van der Waals surface area contributed by atoms with Crippen molar-refractivity contribution in [1.82, 2.24) is 5.32 Å². The molecule has 22 heavy (non-hydrogen) atoms. The van der Waals surface area contributed by atoms with Gasteiger partial charge in [-0.2, -0.15) is 0 Å². The normalized spacial score (nSPS) is 18.9. The van der Waals surface area contributed by atoms with Crippen LogP contribution in [0.15, 0.2) is 24.3 Å². The van der Waals surface area contributed by atoms with Gasteiger partial charge >= 0.3 is 6.09 Å². The van der Waals surface area contributed by atoms with Crippen LogP contribution in [0.2, 0.25) is 0 Å². The van der Waals surface area contributed by atoms with Crippen LogP contribution in [0.5, 0.6) is 0 Å². The van der Waals surface area contributed by atoms with Crippen LogP contribution in [-0.4, -0.2) is 35.9 Å². The lowest BCUT2D eigenvalue weighted by molar-refractivity contribution is 0.0500. The Hall–Kier alpha value is -1.75. The number of nitrogens with zero attached hydrogens (tertiary/aromatic N) is 1. The van der Waals surface area contributed by atoms with Gasteiger partial charge in [-0.1, -0.05) is 18.2 Å². The summed E-state index contributed by atoms with van der Waals surface area (Å²) in [4.78, 5) is 14.1. The molecule has 1 amide bonds. The molecule has 0 unspecified atom stereocenters. The van der Waals surface area contributed by atoms with Gasteiger partial charge < -0.3 is 20.1 Å². The number of para-hydroxylation sites is 1. The van der Waals surface area contributed by atoms with Crippen molar-refractivity contribution in [3.63, 3.8) is 0 Å². The Morgan fingerprint density at radius 2 is 2.14 bits per heavy atom. The van der Waals surface area contributed by atoms with E-state index < -0.39 is 5.60 Å². The van der Waals surface area contributed by atoms with Gasteiger partial charge in [0.2, 0.25) is 0 Å². The van der Waals surface area contributed by atoms with Crippen molar-refractivity contribution >= 4 is 11.8 Å². The van der Waals surface area contributed by atoms with Gasteiger partial charge in [-0.3, -0.25) is 0 Å². The third-order valence-electron chi connectivity index (χ3n) is 3.64. The molecule has 0 saturated carbocycles. The van der Waals surface area contributed by atoms with E-state index in [0.29, 0.717) is 0 Å². The molecule has 0 radical (unpaired) electrons. The molecule has 1 aromatic carbocycles. The number of ether oxygens (including phenoxy) is 1. The minimum atomic E-state index is -0.484. The Morgan fingerprint density at radius 3 is 2.82 bits per heavy atom. The molecule has 0 spiro atoms. The summed E-state index contributed by atoms with van der Waals surface area (Å²) in [6.07, 6.45) is 1.58. The number of amides is 1. The minimum absolute atomic E-state index is 0.0246. The van der Waals surface area contributed by atoms with E-state index in [4.69, 9.17) is 4.74 Å². The molecule has 1 saturated heterocycles. The largest absolute Gasteiger partial charge is 0.444 e. The third kappa shape index (κ3) is 4.63. The average molecular weight is 306 g/mol. The highest BCUT2D eigenvalue weighted by Crippen LogP contribution is 2.24. The molecular weight excluding hydrogens is 280 g/mol. The van der Waals surface area contributed by atoms with Crippen LogP contribution < -0.4 is 10.2 Å². The highest BCUT2D eigenvalue weighted by atomic mass is 16.6.